The predicted molar refractivity (Wildman–Crippen MR) is 103 cm³/mol. The SMILES string of the molecule is Cn1c(=O)c2c(nc(O)n2Cc2ccc(-c3ccccc3)cc2)n(C)c1=O. The number of benzene rings is 2. The molecular formula is C20H18N4O3. The van der Waals surface area contributed by atoms with Crippen molar-refractivity contribution in [2.45, 2.75) is 6.54 Å². The van der Waals surface area contributed by atoms with Crippen LogP contribution in [0.5, 0.6) is 6.01 Å². The number of rotatable bonds is 3. The van der Waals surface area contributed by atoms with Crippen molar-refractivity contribution in [3.8, 4) is 17.1 Å². The molecule has 0 spiro atoms. The van der Waals surface area contributed by atoms with Gasteiger partial charge in [-0.3, -0.25) is 18.5 Å². The maximum atomic E-state index is 12.5. The molecule has 2 aromatic carbocycles. The minimum atomic E-state index is -0.484. The maximum absolute atomic E-state index is 12.5. The van der Waals surface area contributed by atoms with Crippen LogP contribution in [-0.4, -0.2) is 23.8 Å². The average molecular weight is 362 g/mol. The lowest BCUT2D eigenvalue weighted by atomic mass is 10.0. The van der Waals surface area contributed by atoms with Gasteiger partial charge in [0.1, 0.15) is 0 Å². The number of imidazole rings is 1. The number of aryl methyl sites for hydroxylation is 1. The molecule has 0 aliphatic rings. The Hall–Kier alpha value is -3.61. The van der Waals surface area contributed by atoms with Crippen molar-refractivity contribution in [3.05, 3.63) is 81.0 Å². The number of fused-ring (bicyclic) bond motifs is 1. The lowest BCUT2D eigenvalue weighted by Gasteiger charge is -2.08. The molecule has 7 nitrogen and oxygen atoms in total. The Bertz CT molecular complexity index is 1250. The maximum Gasteiger partial charge on any atom is 0.332 e. The molecule has 0 aliphatic heterocycles. The first kappa shape index (κ1) is 16.8. The zero-order valence-electron chi connectivity index (χ0n) is 15.0. The van der Waals surface area contributed by atoms with Gasteiger partial charge in [-0.1, -0.05) is 54.6 Å². The van der Waals surface area contributed by atoms with E-state index in [-0.39, 0.29) is 23.7 Å². The summed E-state index contributed by atoms with van der Waals surface area (Å²) in [6.07, 6.45) is 0. The van der Waals surface area contributed by atoms with Crippen molar-refractivity contribution in [1.82, 2.24) is 18.7 Å². The molecule has 2 heterocycles. The molecule has 136 valence electrons. The summed E-state index contributed by atoms with van der Waals surface area (Å²) in [6, 6.07) is 17.6. The Morgan fingerprint density at radius 2 is 1.52 bits per heavy atom. The van der Waals surface area contributed by atoms with E-state index in [1.54, 1.807) is 0 Å². The van der Waals surface area contributed by atoms with Crippen molar-refractivity contribution < 1.29 is 5.11 Å². The summed E-state index contributed by atoms with van der Waals surface area (Å²) >= 11 is 0. The first-order valence-corrected chi connectivity index (χ1v) is 8.47. The molecule has 4 rings (SSSR count). The van der Waals surface area contributed by atoms with Gasteiger partial charge in [-0.2, -0.15) is 4.98 Å². The highest BCUT2D eigenvalue weighted by molar-refractivity contribution is 5.72. The van der Waals surface area contributed by atoms with Crippen LogP contribution in [0.1, 0.15) is 5.56 Å². The molecule has 27 heavy (non-hydrogen) atoms. The number of nitrogens with zero attached hydrogens (tertiary/aromatic N) is 4. The largest absolute Gasteiger partial charge is 0.480 e. The summed E-state index contributed by atoms with van der Waals surface area (Å²) < 4.78 is 3.69. The molecule has 0 saturated carbocycles. The molecule has 0 amide bonds. The number of aromatic nitrogens is 4. The highest BCUT2D eigenvalue weighted by atomic mass is 16.3. The monoisotopic (exact) mass is 362 g/mol. The van der Waals surface area contributed by atoms with Crippen LogP contribution in [0.25, 0.3) is 22.3 Å². The van der Waals surface area contributed by atoms with Gasteiger partial charge in [-0.25, -0.2) is 4.79 Å². The van der Waals surface area contributed by atoms with Gasteiger partial charge in [-0.15, -0.1) is 0 Å². The molecule has 0 saturated heterocycles. The van der Waals surface area contributed by atoms with Gasteiger partial charge in [0.25, 0.3) is 11.6 Å². The molecule has 4 aromatic rings. The fraction of sp³-hybridized carbons (Fsp3) is 0.150. The van der Waals surface area contributed by atoms with E-state index in [0.29, 0.717) is 0 Å². The smallest absolute Gasteiger partial charge is 0.332 e. The second-order valence-electron chi connectivity index (χ2n) is 6.44. The van der Waals surface area contributed by atoms with E-state index in [1.165, 1.54) is 23.2 Å². The molecule has 0 unspecified atom stereocenters. The van der Waals surface area contributed by atoms with E-state index in [2.05, 4.69) is 4.98 Å². The minimum Gasteiger partial charge on any atom is -0.480 e. The Kier molecular flexibility index (Phi) is 3.92. The Morgan fingerprint density at radius 3 is 2.19 bits per heavy atom. The van der Waals surface area contributed by atoms with Gasteiger partial charge in [0.05, 0.1) is 6.54 Å². The summed E-state index contributed by atoms with van der Waals surface area (Å²) in [7, 11) is 2.93. The molecule has 0 fully saturated rings. The highest BCUT2D eigenvalue weighted by Gasteiger charge is 2.18. The van der Waals surface area contributed by atoms with Crippen molar-refractivity contribution in [2.24, 2.45) is 14.1 Å². The molecule has 0 bridgehead atoms. The van der Waals surface area contributed by atoms with Crippen LogP contribution in [0, 0.1) is 0 Å². The van der Waals surface area contributed by atoms with E-state index in [0.717, 1.165) is 21.3 Å². The highest BCUT2D eigenvalue weighted by Crippen LogP contribution is 2.22. The summed E-state index contributed by atoms with van der Waals surface area (Å²) in [5.74, 6) is 0. The average Bonchev–Trinajstić information content (AvgIpc) is 3.02. The van der Waals surface area contributed by atoms with Crippen LogP contribution in [0.2, 0.25) is 0 Å². The number of hydrogen-bond donors (Lipinski definition) is 1. The predicted octanol–water partition coefficient (Wildman–Crippen LogP) is 1.85. The van der Waals surface area contributed by atoms with Gasteiger partial charge in [0.2, 0.25) is 0 Å². The minimum absolute atomic E-state index is 0.168. The molecule has 2 aromatic heterocycles. The summed E-state index contributed by atoms with van der Waals surface area (Å²) in [4.78, 5) is 28.6. The lowest BCUT2D eigenvalue weighted by molar-refractivity contribution is 0.408. The van der Waals surface area contributed by atoms with Gasteiger partial charge in [0.15, 0.2) is 11.2 Å². The van der Waals surface area contributed by atoms with E-state index in [4.69, 9.17) is 0 Å². The fourth-order valence-corrected chi connectivity index (χ4v) is 3.20. The van der Waals surface area contributed by atoms with Gasteiger partial charge in [-0.05, 0) is 16.7 Å². The quantitative estimate of drug-likeness (QED) is 0.603. The van der Waals surface area contributed by atoms with E-state index >= 15 is 0 Å². The standard InChI is InChI=1S/C20H18N4O3/c1-22-17-16(18(25)23(2)20(22)27)24(19(26)21-17)12-13-8-10-15(11-9-13)14-6-4-3-5-7-14/h3-11H,12H2,1-2H3,(H,21,26). The first-order valence-electron chi connectivity index (χ1n) is 8.47. The molecular weight excluding hydrogens is 344 g/mol. The van der Waals surface area contributed by atoms with Crippen LogP contribution in [0.3, 0.4) is 0 Å². The molecule has 7 heteroatoms. The molecule has 0 aliphatic carbocycles. The van der Waals surface area contributed by atoms with Gasteiger partial charge in [0, 0.05) is 14.1 Å². The van der Waals surface area contributed by atoms with E-state index < -0.39 is 11.2 Å². The topological polar surface area (TPSA) is 82.1 Å². The summed E-state index contributed by atoms with van der Waals surface area (Å²) in [5.41, 5.74) is 2.50. The number of hydrogen-bond acceptors (Lipinski definition) is 4. The van der Waals surface area contributed by atoms with E-state index in [1.807, 2.05) is 54.6 Å². The third kappa shape index (κ3) is 2.73. The van der Waals surface area contributed by atoms with Crippen molar-refractivity contribution in [1.29, 1.82) is 0 Å². The third-order valence-corrected chi connectivity index (χ3v) is 4.73. The Labute approximate surface area is 154 Å². The van der Waals surface area contributed by atoms with Crippen molar-refractivity contribution in [3.63, 3.8) is 0 Å². The van der Waals surface area contributed by atoms with Crippen LogP contribution >= 0.6 is 0 Å². The van der Waals surface area contributed by atoms with Crippen LogP contribution in [0.4, 0.5) is 0 Å². The zero-order chi connectivity index (χ0) is 19.1. The normalized spacial score (nSPS) is 11.2. The summed E-state index contributed by atoms with van der Waals surface area (Å²) in [5, 5.41) is 10.2. The van der Waals surface area contributed by atoms with Gasteiger partial charge < -0.3 is 5.11 Å². The molecule has 0 atom stereocenters. The summed E-state index contributed by atoms with van der Waals surface area (Å²) in [6.45, 7) is 0.269. The Balaban J connectivity index is 1.77. The Morgan fingerprint density at radius 1 is 0.889 bits per heavy atom. The lowest BCUT2D eigenvalue weighted by Crippen LogP contribution is -2.37. The van der Waals surface area contributed by atoms with E-state index in [9.17, 15) is 14.7 Å². The fourth-order valence-electron chi connectivity index (χ4n) is 3.20. The molecule has 1 N–H and O–H groups in total. The number of aromatic hydroxyl groups is 1. The first-order chi connectivity index (χ1) is 13.0. The molecule has 0 radical (unpaired) electrons. The van der Waals surface area contributed by atoms with Crippen LogP contribution in [-0.2, 0) is 20.6 Å². The van der Waals surface area contributed by atoms with Crippen LogP contribution < -0.4 is 11.2 Å². The van der Waals surface area contributed by atoms with Crippen LogP contribution in [0.15, 0.2) is 64.2 Å². The zero-order valence-corrected chi connectivity index (χ0v) is 15.0. The van der Waals surface area contributed by atoms with Crippen molar-refractivity contribution in [2.75, 3.05) is 0 Å². The second kappa shape index (κ2) is 6.28. The second-order valence-corrected chi connectivity index (χ2v) is 6.44. The van der Waals surface area contributed by atoms with Crippen molar-refractivity contribution >= 4 is 11.2 Å². The van der Waals surface area contributed by atoms with Gasteiger partial charge >= 0.3 is 5.69 Å². The third-order valence-electron chi connectivity index (χ3n) is 4.73.